The Labute approximate surface area is 167 Å². The van der Waals surface area contributed by atoms with Gasteiger partial charge in [0.25, 0.3) is 0 Å². The van der Waals surface area contributed by atoms with E-state index in [0.29, 0.717) is 45.5 Å². The third-order valence-electron chi connectivity index (χ3n) is 3.38. The molecule has 7 heteroatoms. The number of amides is 1. The molecule has 0 radical (unpaired) electrons. The minimum atomic E-state index is -0.0567. The molecule has 0 saturated carbocycles. The second-order valence-electron chi connectivity index (χ2n) is 5.30. The van der Waals surface area contributed by atoms with Crippen LogP contribution in [-0.2, 0) is 10.5 Å². The fraction of sp³-hybridized carbons (Fsp3) is 0.278. The summed E-state index contributed by atoms with van der Waals surface area (Å²) in [4.78, 5) is 11.8. The number of halogens is 3. The second-order valence-corrected chi connectivity index (χ2v) is 7.51. The number of nitrogens with one attached hydrogen (secondary N) is 1. The highest BCUT2D eigenvalue weighted by molar-refractivity contribution is 7.99. The van der Waals surface area contributed by atoms with Crippen LogP contribution < -0.4 is 10.1 Å². The van der Waals surface area contributed by atoms with E-state index in [1.165, 1.54) is 11.8 Å². The lowest BCUT2D eigenvalue weighted by Gasteiger charge is -2.09. The number of thioether (sulfide) groups is 1. The van der Waals surface area contributed by atoms with Crippen LogP contribution in [0.4, 0.5) is 0 Å². The molecule has 2 rings (SSSR count). The molecule has 0 aliphatic heterocycles. The van der Waals surface area contributed by atoms with E-state index in [4.69, 9.17) is 39.5 Å². The monoisotopic (exact) mass is 417 g/mol. The van der Waals surface area contributed by atoms with Crippen molar-refractivity contribution in [1.29, 1.82) is 0 Å². The topological polar surface area (TPSA) is 38.3 Å². The van der Waals surface area contributed by atoms with Gasteiger partial charge in [0.2, 0.25) is 5.91 Å². The number of carbonyl (C=O) groups is 1. The maximum atomic E-state index is 11.8. The highest BCUT2D eigenvalue weighted by atomic mass is 35.5. The molecule has 0 atom stereocenters. The van der Waals surface area contributed by atoms with Crippen molar-refractivity contribution >= 4 is 52.5 Å². The minimum Gasteiger partial charge on any atom is -0.492 e. The van der Waals surface area contributed by atoms with Crippen molar-refractivity contribution in [2.45, 2.75) is 12.7 Å². The molecule has 134 valence electrons. The van der Waals surface area contributed by atoms with Gasteiger partial charge in [-0.1, -0.05) is 46.9 Å². The van der Waals surface area contributed by atoms with E-state index in [0.717, 1.165) is 11.1 Å². The lowest BCUT2D eigenvalue weighted by molar-refractivity contribution is -0.118. The molecule has 0 bridgehead atoms. The molecule has 0 fully saturated rings. The van der Waals surface area contributed by atoms with E-state index in [1.54, 1.807) is 24.3 Å². The number of benzene rings is 2. The van der Waals surface area contributed by atoms with Gasteiger partial charge in [-0.15, -0.1) is 11.8 Å². The van der Waals surface area contributed by atoms with Gasteiger partial charge in [-0.25, -0.2) is 0 Å². The molecule has 0 aliphatic rings. The van der Waals surface area contributed by atoms with Crippen LogP contribution in [0, 0.1) is 6.92 Å². The Balaban J connectivity index is 1.65. The first-order chi connectivity index (χ1) is 12.0. The lowest BCUT2D eigenvalue weighted by Crippen LogP contribution is -2.29. The quantitative estimate of drug-likeness (QED) is 0.585. The van der Waals surface area contributed by atoms with Gasteiger partial charge in [0.05, 0.1) is 12.3 Å². The van der Waals surface area contributed by atoms with Gasteiger partial charge < -0.3 is 10.1 Å². The Morgan fingerprint density at radius 1 is 1.12 bits per heavy atom. The standard InChI is InChI=1S/C18H18Cl3NO2S/c1-12-5-6-13(9-17(12)21)24-8-7-22-18(23)11-25-10-14-15(19)3-2-4-16(14)20/h2-6,9H,7-8,10-11H2,1H3,(H,22,23). The van der Waals surface area contributed by atoms with E-state index in [2.05, 4.69) is 5.32 Å². The Morgan fingerprint density at radius 2 is 1.84 bits per heavy atom. The van der Waals surface area contributed by atoms with Crippen LogP contribution in [0.15, 0.2) is 36.4 Å². The molecular formula is C18H18Cl3NO2S. The summed E-state index contributed by atoms with van der Waals surface area (Å²) in [7, 11) is 0. The maximum absolute atomic E-state index is 11.8. The number of rotatable bonds is 8. The largest absolute Gasteiger partial charge is 0.492 e. The molecule has 0 saturated heterocycles. The number of hydrogen-bond donors (Lipinski definition) is 1. The molecule has 1 N–H and O–H groups in total. The van der Waals surface area contributed by atoms with E-state index in [9.17, 15) is 4.79 Å². The number of hydrogen-bond acceptors (Lipinski definition) is 3. The minimum absolute atomic E-state index is 0.0567. The van der Waals surface area contributed by atoms with E-state index in [-0.39, 0.29) is 5.91 Å². The van der Waals surface area contributed by atoms with Crippen LogP contribution >= 0.6 is 46.6 Å². The first-order valence-corrected chi connectivity index (χ1v) is 9.92. The van der Waals surface area contributed by atoms with Crippen molar-refractivity contribution in [1.82, 2.24) is 5.32 Å². The predicted octanol–water partition coefficient (Wildman–Crippen LogP) is 5.38. The van der Waals surface area contributed by atoms with Gasteiger partial charge >= 0.3 is 0 Å². The SMILES string of the molecule is Cc1ccc(OCCNC(=O)CSCc2c(Cl)cccc2Cl)cc1Cl. The molecular weight excluding hydrogens is 401 g/mol. The summed E-state index contributed by atoms with van der Waals surface area (Å²) in [6.07, 6.45) is 0. The van der Waals surface area contributed by atoms with Crippen LogP contribution in [0.3, 0.4) is 0 Å². The Bertz CT molecular complexity index is 720. The van der Waals surface area contributed by atoms with Crippen molar-refractivity contribution in [3.05, 3.63) is 62.6 Å². The molecule has 0 aliphatic carbocycles. The number of ether oxygens (including phenoxy) is 1. The second kappa shape index (κ2) is 10.2. The average molecular weight is 419 g/mol. The third kappa shape index (κ3) is 6.63. The highest BCUT2D eigenvalue weighted by Crippen LogP contribution is 2.28. The van der Waals surface area contributed by atoms with Gasteiger partial charge in [-0.2, -0.15) is 0 Å². The van der Waals surface area contributed by atoms with Crippen LogP contribution in [0.1, 0.15) is 11.1 Å². The van der Waals surface area contributed by atoms with Crippen LogP contribution in [0.2, 0.25) is 15.1 Å². The van der Waals surface area contributed by atoms with Gasteiger partial charge in [0.15, 0.2) is 0 Å². The van der Waals surface area contributed by atoms with Crippen molar-refractivity contribution < 1.29 is 9.53 Å². The van der Waals surface area contributed by atoms with Crippen molar-refractivity contribution in [3.63, 3.8) is 0 Å². The van der Waals surface area contributed by atoms with Crippen molar-refractivity contribution in [2.24, 2.45) is 0 Å². The summed E-state index contributed by atoms with van der Waals surface area (Å²) in [5.41, 5.74) is 1.85. The van der Waals surface area contributed by atoms with Crippen LogP contribution in [-0.4, -0.2) is 24.8 Å². The highest BCUT2D eigenvalue weighted by Gasteiger charge is 2.07. The van der Waals surface area contributed by atoms with Crippen molar-refractivity contribution in [2.75, 3.05) is 18.9 Å². The molecule has 25 heavy (non-hydrogen) atoms. The van der Waals surface area contributed by atoms with Gasteiger partial charge in [0.1, 0.15) is 12.4 Å². The maximum Gasteiger partial charge on any atom is 0.230 e. The van der Waals surface area contributed by atoms with E-state index >= 15 is 0 Å². The molecule has 2 aromatic rings. The zero-order valence-corrected chi connectivity index (χ0v) is 16.7. The molecule has 0 unspecified atom stereocenters. The van der Waals surface area contributed by atoms with E-state index < -0.39 is 0 Å². The molecule has 1 amide bonds. The van der Waals surface area contributed by atoms with Crippen LogP contribution in [0.25, 0.3) is 0 Å². The molecule has 0 aromatic heterocycles. The number of aryl methyl sites for hydroxylation is 1. The van der Waals surface area contributed by atoms with E-state index in [1.807, 2.05) is 19.1 Å². The summed E-state index contributed by atoms with van der Waals surface area (Å²) >= 11 is 19.7. The van der Waals surface area contributed by atoms with Gasteiger partial charge in [-0.3, -0.25) is 4.79 Å². The van der Waals surface area contributed by atoms with Crippen LogP contribution in [0.5, 0.6) is 5.75 Å². The molecule has 3 nitrogen and oxygen atoms in total. The zero-order valence-electron chi connectivity index (χ0n) is 13.7. The molecule has 0 spiro atoms. The Hall–Kier alpha value is -1.07. The van der Waals surface area contributed by atoms with Gasteiger partial charge in [-0.05, 0) is 42.3 Å². The normalized spacial score (nSPS) is 10.6. The average Bonchev–Trinajstić information content (AvgIpc) is 2.57. The Morgan fingerprint density at radius 3 is 2.52 bits per heavy atom. The first kappa shape index (κ1) is 20.2. The zero-order chi connectivity index (χ0) is 18.2. The molecule has 0 heterocycles. The Kier molecular flexibility index (Phi) is 8.24. The summed E-state index contributed by atoms with van der Waals surface area (Å²) < 4.78 is 5.56. The number of carbonyl (C=O) groups excluding carboxylic acids is 1. The summed E-state index contributed by atoms with van der Waals surface area (Å²) in [5.74, 6) is 1.55. The summed E-state index contributed by atoms with van der Waals surface area (Å²) in [6.45, 7) is 2.74. The third-order valence-corrected chi connectivity index (χ3v) is 5.45. The summed E-state index contributed by atoms with van der Waals surface area (Å²) in [5, 5.41) is 4.71. The molecule has 2 aromatic carbocycles. The van der Waals surface area contributed by atoms with Gasteiger partial charge in [0, 0.05) is 20.8 Å². The lowest BCUT2D eigenvalue weighted by atomic mass is 10.2. The predicted molar refractivity (Wildman–Crippen MR) is 107 cm³/mol. The summed E-state index contributed by atoms with van der Waals surface area (Å²) in [6, 6.07) is 10.9. The smallest absolute Gasteiger partial charge is 0.230 e. The fourth-order valence-corrected chi connectivity index (χ4v) is 3.75. The fourth-order valence-electron chi connectivity index (χ4n) is 1.99. The first-order valence-electron chi connectivity index (χ1n) is 7.63. The van der Waals surface area contributed by atoms with Crippen molar-refractivity contribution in [3.8, 4) is 5.75 Å².